The molecule has 0 N–H and O–H groups in total. The van der Waals surface area contributed by atoms with E-state index in [0.29, 0.717) is 19.4 Å². The Hall–Kier alpha value is -2.42. The summed E-state index contributed by atoms with van der Waals surface area (Å²) in [4.78, 5) is 26.0. The van der Waals surface area contributed by atoms with Gasteiger partial charge in [0.15, 0.2) is 0 Å². The van der Waals surface area contributed by atoms with Crippen LogP contribution in [-0.2, 0) is 22.4 Å². The Morgan fingerprint density at radius 3 is 2.09 bits per heavy atom. The molecule has 0 bridgehead atoms. The van der Waals surface area contributed by atoms with Crippen LogP contribution in [-0.4, -0.2) is 23.3 Å². The third kappa shape index (κ3) is 3.25. The second-order valence-electron chi connectivity index (χ2n) is 5.71. The molecule has 1 aliphatic heterocycles. The Kier molecular flexibility index (Phi) is 4.33. The smallest absolute Gasteiger partial charge is 0.233 e. The van der Waals surface area contributed by atoms with E-state index >= 15 is 0 Å². The van der Waals surface area contributed by atoms with Gasteiger partial charge in [-0.05, 0) is 24.0 Å². The minimum absolute atomic E-state index is 0.0233. The predicted molar refractivity (Wildman–Crippen MR) is 85.1 cm³/mol. The molecular weight excluding hydrogens is 274 g/mol. The van der Waals surface area contributed by atoms with Crippen LogP contribution in [0.5, 0.6) is 0 Å². The lowest BCUT2D eigenvalue weighted by Crippen LogP contribution is -2.33. The van der Waals surface area contributed by atoms with E-state index in [0.717, 1.165) is 17.5 Å². The molecule has 0 aromatic heterocycles. The third-order valence-corrected chi connectivity index (χ3v) is 4.13. The summed E-state index contributed by atoms with van der Waals surface area (Å²) in [5, 5.41) is 0. The van der Waals surface area contributed by atoms with Crippen LogP contribution in [0.1, 0.15) is 17.5 Å². The molecule has 3 rings (SSSR count). The van der Waals surface area contributed by atoms with Crippen molar-refractivity contribution in [3.8, 4) is 0 Å². The van der Waals surface area contributed by atoms with E-state index in [1.165, 1.54) is 4.90 Å². The van der Waals surface area contributed by atoms with Crippen molar-refractivity contribution in [1.29, 1.82) is 0 Å². The molecule has 1 aliphatic rings. The van der Waals surface area contributed by atoms with Crippen LogP contribution in [0, 0.1) is 5.92 Å². The molecule has 0 radical (unpaired) electrons. The highest BCUT2D eigenvalue weighted by atomic mass is 16.2. The van der Waals surface area contributed by atoms with Crippen molar-refractivity contribution < 1.29 is 9.59 Å². The van der Waals surface area contributed by atoms with Crippen LogP contribution in [0.15, 0.2) is 60.7 Å². The number of carbonyl (C=O) groups is 2. The van der Waals surface area contributed by atoms with E-state index in [4.69, 9.17) is 0 Å². The summed E-state index contributed by atoms with van der Waals surface area (Å²) in [5.74, 6) is -0.266. The fraction of sp³-hybridized carbons (Fsp3) is 0.263. The Balaban J connectivity index is 1.62. The summed E-state index contributed by atoms with van der Waals surface area (Å²) >= 11 is 0. The molecule has 1 saturated heterocycles. The number of imide groups is 1. The first kappa shape index (κ1) is 14.5. The molecule has 3 nitrogen and oxygen atoms in total. The first-order valence-electron chi connectivity index (χ1n) is 7.66. The van der Waals surface area contributed by atoms with Crippen LogP contribution in [0.25, 0.3) is 0 Å². The van der Waals surface area contributed by atoms with E-state index in [1.807, 2.05) is 60.7 Å². The van der Waals surface area contributed by atoms with Gasteiger partial charge in [-0.15, -0.1) is 0 Å². The number of benzene rings is 2. The number of hydrogen-bond acceptors (Lipinski definition) is 2. The lowest BCUT2D eigenvalue weighted by atomic mass is 9.98. The number of nitrogens with zero attached hydrogens (tertiary/aromatic N) is 1. The molecule has 112 valence electrons. The quantitative estimate of drug-likeness (QED) is 0.795. The zero-order valence-corrected chi connectivity index (χ0v) is 12.4. The summed E-state index contributed by atoms with van der Waals surface area (Å²) in [6, 6.07) is 19.8. The van der Waals surface area contributed by atoms with Crippen molar-refractivity contribution in [3.05, 3.63) is 71.8 Å². The van der Waals surface area contributed by atoms with Crippen molar-refractivity contribution in [2.24, 2.45) is 5.92 Å². The van der Waals surface area contributed by atoms with Crippen LogP contribution >= 0.6 is 0 Å². The summed E-state index contributed by atoms with van der Waals surface area (Å²) < 4.78 is 0. The summed E-state index contributed by atoms with van der Waals surface area (Å²) in [5.41, 5.74) is 2.26. The zero-order chi connectivity index (χ0) is 15.4. The summed E-state index contributed by atoms with van der Waals surface area (Å²) in [7, 11) is 0. The fourth-order valence-corrected chi connectivity index (χ4v) is 2.93. The number of amides is 2. The highest BCUT2D eigenvalue weighted by Crippen LogP contribution is 2.23. The van der Waals surface area contributed by atoms with Gasteiger partial charge in [-0.3, -0.25) is 14.5 Å². The average Bonchev–Trinajstić information content (AvgIpc) is 2.81. The molecule has 1 heterocycles. The third-order valence-electron chi connectivity index (χ3n) is 4.13. The fourth-order valence-electron chi connectivity index (χ4n) is 2.93. The molecule has 3 heteroatoms. The molecule has 2 amide bonds. The van der Waals surface area contributed by atoms with Crippen LogP contribution in [0.3, 0.4) is 0 Å². The number of carbonyl (C=O) groups excluding carboxylic acids is 2. The van der Waals surface area contributed by atoms with Gasteiger partial charge < -0.3 is 0 Å². The summed E-state index contributed by atoms with van der Waals surface area (Å²) in [6.07, 6.45) is 1.70. The van der Waals surface area contributed by atoms with Gasteiger partial charge in [0.05, 0.1) is 5.92 Å². The van der Waals surface area contributed by atoms with Crippen molar-refractivity contribution in [2.75, 3.05) is 6.54 Å². The van der Waals surface area contributed by atoms with E-state index in [9.17, 15) is 9.59 Å². The van der Waals surface area contributed by atoms with Gasteiger partial charge in [-0.2, -0.15) is 0 Å². The number of rotatable bonds is 5. The number of likely N-dealkylation sites (tertiary alicyclic amines) is 1. The summed E-state index contributed by atoms with van der Waals surface area (Å²) in [6.45, 7) is 0.479. The second-order valence-corrected chi connectivity index (χ2v) is 5.71. The Morgan fingerprint density at radius 1 is 0.864 bits per heavy atom. The molecule has 1 atom stereocenters. The van der Waals surface area contributed by atoms with Crippen molar-refractivity contribution in [3.63, 3.8) is 0 Å². The Morgan fingerprint density at radius 2 is 1.45 bits per heavy atom. The van der Waals surface area contributed by atoms with Gasteiger partial charge in [0.25, 0.3) is 0 Å². The topological polar surface area (TPSA) is 37.4 Å². The van der Waals surface area contributed by atoms with Gasteiger partial charge >= 0.3 is 0 Å². The normalized spacial score (nSPS) is 18.0. The first-order valence-corrected chi connectivity index (χ1v) is 7.66. The SMILES string of the molecule is O=C1C[C@H](Cc2ccccc2)C(=O)N1CCc1ccccc1. The molecule has 22 heavy (non-hydrogen) atoms. The second kappa shape index (κ2) is 6.56. The molecule has 0 unspecified atom stereocenters. The minimum Gasteiger partial charge on any atom is -0.282 e. The molecule has 1 fully saturated rings. The molecule has 2 aromatic rings. The molecule has 0 saturated carbocycles. The maximum absolute atomic E-state index is 12.4. The molecule has 0 aliphatic carbocycles. The van der Waals surface area contributed by atoms with Gasteiger partial charge in [-0.1, -0.05) is 60.7 Å². The molecular formula is C19H19NO2. The maximum Gasteiger partial charge on any atom is 0.233 e. The monoisotopic (exact) mass is 293 g/mol. The van der Waals surface area contributed by atoms with Crippen molar-refractivity contribution in [2.45, 2.75) is 19.3 Å². The highest BCUT2D eigenvalue weighted by molar-refractivity contribution is 6.03. The largest absolute Gasteiger partial charge is 0.282 e. The molecule has 2 aromatic carbocycles. The van der Waals surface area contributed by atoms with E-state index < -0.39 is 0 Å². The lowest BCUT2D eigenvalue weighted by Gasteiger charge is -2.15. The highest BCUT2D eigenvalue weighted by Gasteiger charge is 2.37. The lowest BCUT2D eigenvalue weighted by molar-refractivity contribution is -0.139. The molecule has 0 spiro atoms. The Labute approximate surface area is 130 Å². The zero-order valence-electron chi connectivity index (χ0n) is 12.4. The van der Waals surface area contributed by atoms with Crippen LogP contribution < -0.4 is 0 Å². The number of hydrogen-bond donors (Lipinski definition) is 0. The van der Waals surface area contributed by atoms with Gasteiger partial charge in [0.1, 0.15) is 0 Å². The van der Waals surface area contributed by atoms with Crippen LogP contribution in [0.2, 0.25) is 0 Å². The van der Waals surface area contributed by atoms with Gasteiger partial charge in [-0.25, -0.2) is 0 Å². The van der Waals surface area contributed by atoms with E-state index in [2.05, 4.69) is 0 Å². The van der Waals surface area contributed by atoms with Gasteiger partial charge in [0.2, 0.25) is 11.8 Å². The van der Waals surface area contributed by atoms with Gasteiger partial charge in [0, 0.05) is 13.0 Å². The van der Waals surface area contributed by atoms with E-state index in [1.54, 1.807) is 0 Å². The average molecular weight is 293 g/mol. The Bertz CT molecular complexity index is 652. The minimum atomic E-state index is -0.203. The predicted octanol–water partition coefficient (Wildman–Crippen LogP) is 2.85. The first-order chi connectivity index (χ1) is 10.7. The van der Waals surface area contributed by atoms with Crippen molar-refractivity contribution in [1.82, 2.24) is 4.90 Å². The maximum atomic E-state index is 12.4. The van der Waals surface area contributed by atoms with Crippen LogP contribution in [0.4, 0.5) is 0 Å². The van der Waals surface area contributed by atoms with E-state index in [-0.39, 0.29) is 17.7 Å². The standard InChI is InChI=1S/C19H19NO2/c21-18-14-17(13-16-9-5-2-6-10-16)19(22)20(18)12-11-15-7-3-1-4-8-15/h1-10,17H,11-14H2/t17-/m0/s1. The van der Waals surface area contributed by atoms with Crippen molar-refractivity contribution >= 4 is 11.8 Å².